The Kier molecular flexibility index (Phi) is 10.6. The third kappa shape index (κ3) is 8.23. The lowest BCUT2D eigenvalue weighted by Crippen LogP contribution is -2.13. The molecule has 4 aromatic carbocycles. The van der Waals surface area contributed by atoms with Crippen molar-refractivity contribution in [2.24, 2.45) is 11.8 Å². The minimum absolute atomic E-state index is 0.654. The van der Waals surface area contributed by atoms with Crippen LogP contribution in [0.4, 0.5) is 0 Å². The van der Waals surface area contributed by atoms with Gasteiger partial charge in [-0.15, -0.1) is 0 Å². The Morgan fingerprint density at radius 1 is 0.578 bits per heavy atom. The molecule has 2 saturated carbocycles. The zero-order chi connectivity index (χ0) is 30.8. The molecular weight excluding hydrogens is 542 g/mol. The van der Waals surface area contributed by atoms with Gasteiger partial charge in [-0.3, -0.25) is 0 Å². The van der Waals surface area contributed by atoms with Gasteiger partial charge in [0.1, 0.15) is 0 Å². The maximum absolute atomic E-state index is 9.05. The summed E-state index contributed by atoms with van der Waals surface area (Å²) in [5.74, 6) is 3.05. The molecule has 0 aromatic heterocycles. The van der Waals surface area contributed by atoms with Gasteiger partial charge >= 0.3 is 0 Å². The number of hydrogen-bond acceptors (Lipinski definition) is 1. The Morgan fingerprint density at radius 2 is 1.04 bits per heavy atom. The Labute approximate surface area is 272 Å². The van der Waals surface area contributed by atoms with E-state index in [1.807, 2.05) is 24.3 Å². The molecule has 0 amide bonds. The molecule has 2 aliphatic carbocycles. The average Bonchev–Trinajstić information content (AvgIpc) is 3.12. The fourth-order valence-corrected chi connectivity index (χ4v) is 7.78. The van der Waals surface area contributed by atoms with Crippen molar-refractivity contribution in [3.05, 3.63) is 125 Å². The Hall–Kier alpha value is -3.89. The van der Waals surface area contributed by atoms with E-state index in [2.05, 4.69) is 97.9 Å². The first kappa shape index (κ1) is 31.1. The van der Waals surface area contributed by atoms with Gasteiger partial charge in [-0.25, -0.2) is 0 Å². The monoisotopic (exact) mass is 591 g/mol. The number of benzene rings is 4. The molecule has 0 heterocycles. The van der Waals surface area contributed by atoms with Gasteiger partial charge in [0, 0.05) is 0 Å². The van der Waals surface area contributed by atoms with Crippen LogP contribution in [0.1, 0.15) is 118 Å². The van der Waals surface area contributed by atoms with Crippen LogP contribution in [-0.4, -0.2) is 0 Å². The molecule has 0 atom stereocenters. The SMILES string of the molecule is CCCCC[C@H]1CC[C@H](c2ccc(-c3ccc(/C=C/[C@H]4CC[C@H](c5ccc(-c6ccc(C#N)cc6)cc5)CC4)cc3)cc2)CC1. The molecule has 0 N–H and O–H groups in total. The summed E-state index contributed by atoms with van der Waals surface area (Å²) in [6.45, 7) is 2.31. The lowest BCUT2D eigenvalue weighted by atomic mass is 9.77. The summed E-state index contributed by atoms with van der Waals surface area (Å²) < 4.78 is 0. The number of nitrogens with zero attached hydrogens (tertiary/aromatic N) is 1. The van der Waals surface area contributed by atoms with Gasteiger partial charge in [-0.05, 0) is 126 Å². The molecule has 4 aromatic rings. The largest absolute Gasteiger partial charge is 0.192 e. The van der Waals surface area contributed by atoms with Crippen LogP contribution in [0.5, 0.6) is 0 Å². The first-order chi connectivity index (χ1) is 22.2. The van der Waals surface area contributed by atoms with Gasteiger partial charge in [0.15, 0.2) is 0 Å². The topological polar surface area (TPSA) is 23.8 Å². The second-order valence-electron chi connectivity index (χ2n) is 13.7. The summed E-state index contributed by atoms with van der Waals surface area (Å²) in [6, 6.07) is 37.8. The number of unbranched alkanes of at least 4 members (excludes halogenated alkanes) is 2. The summed E-state index contributed by atoms with van der Waals surface area (Å²) >= 11 is 0. The van der Waals surface area contributed by atoms with Crippen molar-refractivity contribution in [3.63, 3.8) is 0 Å². The molecule has 0 spiro atoms. The highest BCUT2D eigenvalue weighted by Crippen LogP contribution is 2.39. The van der Waals surface area contributed by atoms with Crippen molar-refractivity contribution in [1.82, 2.24) is 0 Å². The molecule has 1 heteroatoms. The fraction of sp³-hybridized carbons (Fsp3) is 0.386. The van der Waals surface area contributed by atoms with Crippen LogP contribution in [0.2, 0.25) is 0 Å². The molecule has 0 saturated heterocycles. The maximum atomic E-state index is 9.05. The number of hydrogen-bond donors (Lipinski definition) is 0. The standard InChI is InChI=1S/C44H49N/c1-2-3-4-5-33-8-16-37(17-9-33)41-24-26-42(27-25-41)38-18-10-34(11-19-38)6-7-35-12-20-39(21-13-35)43-28-30-44(31-29-43)40-22-14-36(32-45)15-23-40/h6-7,10-11,14-15,18-19,22-31,33,35,37,39H,2-5,8-9,12-13,16-17,20-21H2,1H3/b7-6+/t33-,35-,37-,39-. The van der Waals surface area contributed by atoms with E-state index in [9.17, 15) is 0 Å². The van der Waals surface area contributed by atoms with Gasteiger partial charge < -0.3 is 0 Å². The molecular formula is C44H49N. The summed E-state index contributed by atoms with van der Waals surface area (Å²) in [4.78, 5) is 0. The van der Waals surface area contributed by atoms with Crippen molar-refractivity contribution < 1.29 is 0 Å². The van der Waals surface area contributed by atoms with E-state index in [4.69, 9.17) is 5.26 Å². The molecule has 0 unspecified atom stereocenters. The first-order valence-corrected chi connectivity index (χ1v) is 17.7. The van der Waals surface area contributed by atoms with E-state index in [0.717, 1.165) is 11.8 Å². The normalized spacial score (nSPS) is 21.9. The Morgan fingerprint density at radius 3 is 1.53 bits per heavy atom. The van der Waals surface area contributed by atoms with Crippen molar-refractivity contribution in [1.29, 1.82) is 5.26 Å². The molecule has 2 aliphatic rings. The van der Waals surface area contributed by atoms with Crippen LogP contribution in [0.15, 0.2) is 103 Å². The quantitative estimate of drug-likeness (QED) is 0.168. The van der Waals surface area contributed by atoms with Crippen LogP contribution in [0.25, 0.3) is 28.3 Å². The summed E-state index contributed by atoms with van der Waals surface area (Å²) in [5.41, 5.74) is 10.0. The minimum Gasteiger partial charge on any atom is -0.192 e. The van der Waals surface area contributed by atoms with Gasteiger partial charge in [0.2, 0.25) is 0 Å². The zero-order valence-corrected chi connectivity index (χ0v) is 27.1. The van der Waals surface area contributed by atoms with Gasteiger partial charge in [-0.1, -0.05) is 130 Å². The predicted molar refractivity (Wildman–Crippen MR) is 191 cm³/mol. The van der Waals surface area contributed by atoms with E-state index in [0.29, 0.717) is 17.4 Å². The van der Waals surface area contributed by atoms with E-state index >= 15 is 0 Å². The molecule has 0 radical (unpaired) electrons. The Bertz CT molecular complexity index is 1540. The van der Waals surface area contributed by atoms with E-state index in [-0.39, 0.29) is 0 Å². The number of allylic oxidation sites excluding steroid dienone is 1. The van der Waals surface area contributed by atoms with Crippen LogP contribution in [0.3, 0.4) is 0 Å². The second kappa shape index (κ2) is 15.4. The van der Waals surface area contributed by atoms with Crippen molar-refractivity contribution in [3.8, 4) is 28.3 Å². The van der Waals surface area contributed by atoms with Gasteiger partial charge in [0.05, 0.1) is 11.6 Å². The average molecular weight is 592 g/mol. The highest BCUT2D eigenvalue weighted by atomic mass is 14.3. The summed E-state index contributed by atoms with van der Waals surface area (Å²) in [5, 5.41) is 9.05. The summed E-state index contributed by atoms with van der Waals surface area (Å²) in [7, 11) is 0. The highest BCUT2D eigenvalue weighted by Gasteiger charge is 2.22. The van der Waals surface area contributed by atoms with Gasteiger partial charge in [0.25, 0.3) is 0 Å². The molecule has 230 valence electrons. The molecule has 0 bridgehead atoms. The van der Waals surface area contributed by atoms with Crippen LogP contribution >= 0.6 is 0 Å². The van der Waals surface area contributed by atoms with Crippen LogP contribution in [0, 0.1) is 23.2 Å². The zero-order valence-electron chi connectivity index (χ0n) is 27.1. The Balaban J connectivity index is 0.962. The van der Waals surface area contributed by atoms with Gasteiger partial charge in [-0.2, -0.15) is 5.26 Å². The molecule has 45 heavy (non-hydrogen) atoms. The van der Waals surface area contributed by atoms with Crippen molar-refractivity contribution in [2.45, 2.75) is 95.8 Å². The molecule has 1 nitrogen and oxygen atoms in total. The van der Waals surface area contributed by atoms with Crippen molar-refractivity contribution in [2.75, 3.05) is 0 Å². The first-order valence-electron chi connectivity index (χ1n) is 17.7. The lowest BCUT2D eigenvalue weighted by Gasteiger charge is -2.29. The van der Waals surface area contributed by atoms with Crippen LogP contribution < -0.4 is 0 Å². The third-order valence-electron chi connectivity index (χ3n) is 10.8. The van der Waals surface area contributed by atoms with E-state index < -0.39 is 0 Å². The van der Waals surface area contributed by atoms with E-state index in [1.165, 1.54) is 110 Å². The minimum atomic E-state index is 0.654. The summed E-state index contributed by atoms with van der Waals surface area (Å²) in [6.07, 6.45) is 21.0. The van der Waals surface area contributed by atoms with Crippen molar-refractivity contribution >= 4 is 6.08 Å². The predicted octanol–water partition coefficient (Wildman–Crippen LogP) is 12.7. The number of rotatable bonds is 10. The van der Waals surface area contributed by atoms with E-state index in [1.54, 1.807) is 5.56 Å². The molecule has 6 rings (SSSR count). The molecule has 2 fully saturated rings. The highest BCUT2D eigenvalue weighted by molar-refractivity contribution is 5.66. The smallest absolute Gasteiger partial charge is 0.0991 e. The second-order valence-corrected chi connectivity index (χ2v) is 13.7. The number of nitriles is 1. The van der Waals surface area contributed by atoms with Crippen LogP contribution in [-0.2, 0) is 0 Å². The maximum Gasteiger partial charge on any atom is 0.0991 e. The molecule has 0 aliphatic heterocycles. The lowest BCUT2D eigenvalue weighted by molar-refractivity contribution is 0.303. The third-order valence-corrected chi connectivity index (χ3v) is 10.8. The fourth-order valence-electron chi connectivity index (χ4n) is 7.78.